The number of aryl methyl sites for hydroxylation is 1. The molecule has 0 saturated heterocycles. The van der Waals surface area contributed by atoms with Crippen molar-refractivity contribution in [2.24, 2.45) is 0 Å². The summed E-state index contributed by atoms with van der Waals surface area (Å²) >= 11 is 11.6. The normalized spacial score (nSPS) is 13.3. The van der Waals surface area contributed by atoms with Gasteiger partial charge in [0.05, 0.1) is 5.88 Å². The van der Waals surface area contributed by atoms with Crippen LogP contribution in [0, 0.1) is 6.92 Å². The molecule has 0 bridgehead atoms. The summed E-state index contributed by atoms with van der Waals surface area (Å²) in [6.07, 6.45) is -0.295. The van der Waals surface area contributed by atoms with Crippen LogP contribution in [0.1, 0.15) is 51.0 Å². The number of hydrogen-bond acceptors (Lipinski definition) is 4. The molecule has 0 radical (unpaired) electrons. The van der Waals surface area contributed by atoms with Gasteiger partial charge in [0, 0.05) is 15.4 Å². The Morgan fingerprint density at radius 1 is 1.03 bits per heavy atom. The Hall–Kier alpha value is -1.77. The van der Waals surface area contributed by atoms with Crippen LogP contribution in [-0.4, -0.2) is 23.1 Å². The molecule has 4 nitrogen and oxygen atoms in total. The molecule has 2 heterocycles. The molecule has 0 spiro atoms. The molecule has 2 aromatic carbocycles. The SMILES string of the molecule is Cc1nnc([C@H](C)O[Si](c2ccccc2)(c2ccccc2)C(C)(C)C)n1-c1scc(Br)c1CCl. The van der Waals surface area contributed by atoms with Crippen LogP contribution in [0.4, 0.5) is 0 Å². The van der Waals surface area contributed by atoms with Crippen molar-refractivity contribution in [3.8, 4) is 5.00 Å². The van der Waals surface area contributed by atoms with Gasteiger partial charge in [0.15, 0.2) is 5.82 Å². The van der Waals surface area contributed by atoms with Gasteiger partial charge in [0.25, 0.3) is 8.32 Å². The second-order valence-corrected chi connectivity index (χ2v) is 15.6. The van der Waals surface area contributed by atoms with Gasteiger partial charge in [-0.05, 0) is 45.2 Å². The average Bonchev–Trinajstić information content (AvgIpc) is 3.39. The summed E-state index contributed by atoms with van der Waals surface area (Å²) in [5, 5.41) is 14.5. The molecule has 0 aliphatic heterocycles. The third kappa shape index (κ3) is 4.44. The summed E-state index contributed by atoms with van der Waals surface area (Å²) in [5.74, 6) is 2.00. The Balaban J connectivity index is 1.88. The molecule has 0 aliphatic rings. The fourth-order valence-corrected chi connectivity index (χ4v) is 11.5. The minimum absolute atomic E-state index is 0.128. The predicted molar refractivity (Wildman–Crippen MR) is 148 cm³/mol. The first-order chi connectivity index (χ1) is 16.2. The summed E-state index contributed by atoms with van der Waals surface area (Å²) in [6, 6.07) is 21.3. The van der Waals surface area contributed by atoms with Crippen molar-refractivity contribution in [3.63, 3.8) is 0 Å². The number of rotatable bonds is 7. The van der Waals surface area contributed by atoms with Crippen LogP contribution in [0.3, 0.4) is 0 Å². The van der Waals surface area contributed by atoms with Crippen LogP contribution in [0.2, 0.25) is 5.04 Å². The highest BCUT2D eigenvalue weighted by Gasteiger charge is 2.51. The van der Waals surface area contributed by atoms with E-state index < -0.39 is 8.32 Å². The highest BCUT2D eigenvalue weighted by Crippen LogP contribution is 2.40. The molecular weight excluding hydrogens is 546 g/mol. The van der Waals surface area contributed by atoms with Gasteiger partial charge < -0.3 is 4.43 Å². The number of hydrogen-bond donors (Lipinski definition) is 0. The van der Waals surface area contributed by atoms with E-state index in [2.05, 4.69) is 124 Å². The van der Waals surface area contributed by atoms with E-state index in [-0.39, 0.29) is 11.1 Å². The maximum absolute atomic E-state index is 7.29. The van der Waals surface area contributed by atoms with Gasteiger partial charge in [-0.25, -0.2) is 0 Å². The summed E-state index contributed by atoms with van der Waals surface area (Å²) in [5.41, 5.74) is 1.04. The van der Waals surface area contributed by atoms with Crippen molar-refractivity contribution in [2.75, 3.05) is 0 Å². The molecule has 178 valence electrons. The van der Waals surface area contributed by atoms with Crippen LogP contribution in [0.5, 0.6) is 0 Å². The van der Waals surface area contributed by atoms with Crippen LogP contribution in [0.25, 0.3) is 5.00 Å². The minimum Gasteiger partial charge on any atom is -0.397 e. The first kappa shape index (κ1) is 25.3. The lowest BCUT2D eigenvalue weighted by Crippen LogP contribution is -2.66. The number of nitrogens with zero attached hydrogens (tertiary/aromatic N) is 3. The van der Waals surface area contributed by atoms with Gasteiger partial charge in [0.1, 0.15) is 16.9 Å². The lowest BCUT2D eigenvalue weighted by atomic mass is 10.2. The summed E-state index contributed by atoms with van der Waals surface area (Å²) in [7, 11) is -2.74. The van der Waals surface area contributed by atoms with Crippen LogP contribution in [-0.2, 0) is 10.3 Å². The van der Waals surface area contributed by atoms with Crippen molar-refractivity contribution in [1.82, 2.24) is 14.8 Å². The number of thiophene rings is 1. The number of halogens is 2. The first-order valence-electron chi connectivity index (χ1n) is 11.2. The average molecular weight is 575 g/mol. The van der Waals surface area contributed by atoms with E-state index in [1.165, 1.54) is 10.4 Å². The lowest BCUT2D eigenvalue weighted by Gasteiger charge is -2.44. The largest absolute Gasteiger partial charge is 0.397 e. The smallest absolute Gasteiger partial charge is 0.262 e. The standard InChI is InChI=1S/C26H29BrClN3OSSi/c1-18(24-30-29-19(2)31(24)25-22(16-28)23(27)17-33-25)32-34(26(3,4)5,20-12-8-6-9-13-20)21-14-10-7-11-15-21/h6-15,17-18H,16H2,1-5H3/t18-/m0/s1. The molecule has 0 unspecified atom stereocenters. The lowest BCUT2D eigenvalue weighted by molar-refractivity contribution is 0.198. The predicted octanol–water partition coefficient (Wildman–Crippen LogP) is 6.78. The molecule has 0 N–H and O–H groups in total. The molecule has 2 aromatic heterocycles. The summed E-state index contributed by atoms with van der Waals surface area (Å²) in [4.78, 5) is 0. The summed E-state index contributed by atoms with van der Waals surface area (Å²) in [6.45, 7) is 10.9. The molecule has 0 saturated carbocycles. The Morgan fingerprint density at radius 2 is 1.59 bits per heavy atom. The Labute approximate surface area is 220 Å². The zero-order valence-electron chi connectivity index (χ0n) is 20.0. The quantitative estimate of drug-likeness (QED) is 0.180. The number of alkyl halides is 1. The highest BCUT2D eigenvalue weighted by atomic mass is 79.9. The van der Waals surface area contributed by atoms with Gasteiger partial charge in [-0.15, -0.1) is 33.1 Å². The van der Waals surface area contributed by atoms with Gasteiger partial charge in [-0.1, -0.05) is 81.4 Å². The van der Waals surface area contributed by atoms with Crippen LogP contribution < -0.4 is 10.4 Å². The third-order valence-electron chi connectivity index (χ3n) is 6.14. The molecule has 0 aliphatic carbocycles. The fraction of sp³-hybridized carbons (Fsp3) is 0.308. The van der Waals surface area contributed by atoms with Gasteiger partial charge in [-0.3, -0.25) is 4.57 Å². The number of aromatic nitrogens is 3. The van der Waals surface area contributed by atoms with E-state index in [1.807, 2.05) is 6.92 Å². The maximum atomic E-state index is 7.29. The number of benzene rings is 2. The Bertz CT molecular complexity index is 1210. The van der Waals surface area contributed by atoms with Gasteiger partial charge >= 0.3 is 0 Å². The van der Waals surface area contributed by atoms with Crippen LogP contribution in [0.15, 0.2) is 70.5 Å². The van der Waals surface area contributed by atoms with Crippen molar-refractivity contribution < 1.29 is 4.43 Å². The second-order valence-electron chi connectivity index (χ2n) is 9.37. The highest BCUT2D eigenvalue weighted by molar-refractivity contribution is 9.10. The van der Waals surface area contributed by atoms with E-state index >= 15 is 0 Å². The molecule has 34 heavy (non-hydrogen) atoms. The zero-order chi connectivity index (χ0) is 24.5. The Morgan fingerprint density at radius 3 is 2.09 bits per heavy atom. The van der Waals surface area contributed by atoms with Crippen LogP contribution >= 0.6 is 38.9 Å². The van der Waals surface area contributed by atoms with Crippen molar-refractivity contribution in [2.45, 2.75) is 51.6 Å². The van der Waals surface area contributed by atoms with E-state index in [9.17, 15) is 0 Å². The van der Waals surface area contributed by atoms with Gasteiger partial charge in [0.2, 0.25) is 0 Å². The van der Waals surface area contributed by atoms with E-state index in [1.54, 1.807) is 11.3 Å². The molecule has 0 amide bonds. The van der Waals surface area contributed by atoms with E-state index in [0.29, 0.717) is 5.88 Å². The minimum atomic E-state index is -2.74. The van der Waals surface area contributed by atoms with E-state index in [0.717, 1.165) is 26.7 Å². The molecule has 0 fully saturated rings. The Kier molecular flexibility index (Phi) is 7.50. The fourth-order valence-electron chi connectivity index (χ4n) is 4.56. The van der Waals surface area contributed by atoms with Gasteiger partial charge in [-0.2, -0.15) is 0 Å². The van der Waals surface area contributed by atoms with Crippen molar-refractivity contribution in [1.29, 1.82) is 0 Å². The molecule has 4 aromatic rings. The van der Waals surface area contributed by atoms with E-state index in [4.69, 9.17) is 16.0 Å². The summed E-state index contributed by atoms with van der Waals surface area (Å²) < 4.78 is 10.4. The first-order valence-corrected chi connectivity index (χ1v) is 15.3. The topological polar surface area (TPSA) is 39.9 Å². The monoisotopic (exact) mass is 573 g/mol. The van der Waals surface area contributed by atoms with Crippen molar-refractivity contribution >= 4 is 57.6 Å². The third-order valence-corrected chi connectivity index (χ3v) is 13.5. The molecule has 4 rings (SSSR count). The second kappa shape index (κ2) is 10.1. The van der Waals surface area contributed by atoms with Crippen molar-refractivity contribution in [3.05, 3.63) is 87.7 Å². The molecular formula is C26H29BrClN3OSSi. The molecule has 1 atom stereocenters. The zero-order valence-corrected chi connectivity index (χ0v) is 24.2. The molecule has 8 heteroatoms. The maximum Gasteiger partial charge on any atom is 0.262 e.